The fourth-order valence-corrected chi connectivity index (χ4v) is 2.04. The van der Waals surface area contributed by atoms with Crippen LogP contribution in [0.4, 0.5) is 4.79 Å². The molecule has 6 nitrogen and oxygen atoms in total. The van der Waals surface area contributed by atoms with Crippen LogP contribution in [0, 0.1) is 0 Å². The molecule has 104 valence electrons. The SMILES string of the molecule is O=C(N[C@@H](Cc1ccccc1)C(=O)O)Oc1cncs1. The van der Waals surface area contributed by atoms with Gasteiger partial charge in [-0.25, -0.2) is 14.6 Å². The fraction of sp³-hybridized carbons (Fsp3) is 0.154. The van der Waals surface area contributed by atoms with E-state index in [0.29, 0.717) is 5.06 Å². The van der Waals surface area contributed by atoms with Crippen LogP contribution in [0.3, 0.4) is 0 Å². The zero-order valence-electron chi connectivity index (χ0n) is 10.4. The lowest BCUT2D eigenvalue weighted by molar-refractivity contribution is -0.139. The van der Waals surface area contributed by atoms with Gasteiger partial charge in [-0.1, -0.05) is 41.7 Å². The molecule has 7 heteroatoms. The van der Waals surface area contributed by atoms with E-state index in [2.05, 4.69) is 10.3 Å². The summed E-state index contributed by atoms with van der Waals surface area (Å²) in [6.07, 6.45) is 0.767. The second-order valence-corrected chi connectivity index (χ2v) is 4.78. The molecule has 0 radical (unpaired) electrons. The number of hydrogen-bond acceptors (Lipinski definition) is 5. The van der Waals surface area contributed by atoms with Crippen molar-refractivity contribution < 1.29 is 19.4 Å². The number of carboxylic acid groups (broad SMARTS) is 1. The summed E-state index contributed by atoms with van der Waals surface area (Å²) in [6, 6.07) is 8.01. The minimum absolute atomic E-state index is 0.188. The van der Waals surface area contributed by atoms with Crippen molar-refractivity contribution in [3.63, 3.8) is 0 Å². The second kappa shape index (κ2) is 6.67. The highest BCUT2D eigenvalue weighted by molar-refractivity contribution is 7.11. The van der Waals surface area contributed by atoms with Gasteiger partial charge in [0.2, 0.25) is 5.06 Å². The van der Waals surface area contributed by atoms with Crippen molar-refractivity contribution >= 4 is 23.4 Å². The van der Waals surface area contributed by atoms with E-state index in [1.807, 2.05) is 18.2 Å². The van der Waals surface area contributed by atoms with Crippen molar-refractivity contribution in [2.75, 3.05) is 0 Å². The first-order chi connectivity index (χ1) is 9.65. The molecule has 1 aromatic heterocycles. The molecular formula is C13H12N2O4S. The number of thiazole rings is 1. The van der Waals surface area contributed by atoms with E-state index >= 15 is 0 Å². The van der Waals surface area contributed by atoms with E-state index in [4.69, 9.17) is 9.84 Å². The van der Waals surface area contributed by atoms with Crippen molar-refractivity contribution in [3.05, 3.63) is 47.6 Å². The van der Waals surface area contributed by atoms with Gasteiger partial charge in [-0.2, -0.15) is 0 Å². The van der Waals surface area contributed by atoms with Gasteiger partial charge in [0.1, 0.15) is 6.04 Å². The number of carbonyl (C=O) groups is 2. The molecule has 1 heterocycles. The number of aromatic nitrogens is 1. The molecule has 1 atom stereocenters. The van der Waals surface area contributed by atoms with E-state index in [9.17, 15) is 9.59 Å². The Labute approximate surface area is 119 Å². The highest BCUT2D eigenvalue weighted by Crippen LogP contribution is 2.15. The monoisotopic (exact) mass is 292 g/mol. The molecule has 1 amide bonds. The van der Waals surface area contributed by atoms with E-state index in [1.54, 1.807) is 12.1 Å². The summed E-state index contributed by atoms with van der Waals surface area (Å²) >= 11 is 1.15. The second-order valence-electron chi connectivity index (χ2n) is 3.93. The highest BCUT2D eigenvalue weighted by Gasteiger charge is 2.21. The number of hydrogen-bond donors (Lipinski definition) is 2. The first kappa shape index (κ1) is 14.0. The van der Waals surface area contributed by atoms with Crippen LogP contribution in [-0.2, 0) is 11.2 Å². The standard InChI is InChI=1S/C13H12N2O4S/c16-12(17)10(6-9-4-2-1-3-5-9)15-13(18)19-11-7-14-8-20-11/h1-5,7-8,10H,6H2,(H,15,18)(H,16,17)/t10-/m0/s1. The van der Waals surface area contributed by atoms with Crippen LogP contribution in [0.15, 0.2) is 42.0 Å². The lowest BCUT2D eigenvalue weighted by Crippen LogP contribution is -2.43. The Morgan fingerprint density at radius 1 is 1.35 bits per heavy atom. The molecule has 0 saturated heterocycles. The molecule has 2 rings (SSSR count). The Morgan fingerprint density at radius 3 is 2.70 bits per heavy atom. The largest absolute Gasteiger partial charge is 0.480 e. The molecule has 20 heavy (non-hydrogen) atoms. The van der Waals surface area contributed by atoms with Crippen LogP contribution in [0.25, 0.3) is 0 Å². The van der Waals surface area contributed by atoms with Crippen LogP contribution in [0.1, 0.15) is 5.56 Å². The van der Waals surface area contributed by atoms with Crippen LogP contribution in [0.2, 0.25) is 0 Å². The Hall–Kier alpha value is -2.41. The number of nitrogens with one attached hydrogen (secondary N) is 1. The molecule has 0 fully saturated rings. The Morgan fingerprint density at radius 2 is 2.10 bits per heavy atom. The van der Waals surface area contributed by atoms with Gasteiger partial charge in [0.05, 0.1) is 11.7 Å². The topological polar surface area (TPSA) is 88.5 Å². The van der Waals surface area contributed by atoms with Gasteiger partial charge in [-0.15, -0.1) is 0 Å². The van der Waals surface area contributed by atoms with Crippen LogP contribution < -0.4 is 10.1 Å². The number of benzene rings is 1. The van der Waals surface area contributed by atoms with Crippen molar-refractivity contribution in [1.29, 1.82) is 0 Å². The summed E-state index contributed by atoms with van der Waals surface area (Å²) in [4.78, 5) is 26.5. The smallest absolute Gasteiger partial charge is 0.414 e. The minimum Gasteiger partial charge on any atom is -0.480 e. The van der Waals surface area contributed by atoms with E-state index in [1.165, 1.54) is 11.7 Å². The Balaban J connectivity index is 1.95. The minimum atomic E-state index is -1.12. The summed E-state index contributed by atoms with van der Waals surface area (Å²) in [6.45, 7) is 0. The molecular weight excluding hydrogens is 280 g/mol. The van der Waals surface area contributed by atoms with Crippen LogP contribution >= 0.6 is 11.3 Å². The molecule has 0 unspecified atom stereocenters. The van der Waals surface area contributed by atoms with Crippen LogP contribution in [-0.4, -0.2) is 28.2 Å². The molecule has 1 aromatic carbocycles. The number of amides is 1. The fourth-order valence-electron chi connectivity index (χ4n) is 1.57. The van der Waals surface area contributed by atoms with Gasteiger partial charge < -0.3 is 15.2 Å². The first-order valence-corrected chi connectivity index (χ1v) is 6.66. The predicted octanol–water partition coefficient (Wildman–Crippen LogP) is 1.93. The lowest BCUT2D eigenvalue weighted by atomic mass is 10.1. The average Bonchev–Trinajstić information content (AvgIpc) is 2.92. The third-order valence-electron chi connectivity index (χ3n) is 2.48. The van der Waals surface area contributed by atoms with Gasteiger partial charge >= 0.3 is 12.1 Å². The molecule has 0 aliphatic rings. The number of ether oxygens (including phenoxy) is 1. The summed E-state index contributed by atoms with van der Waals surface area (Å²) in [7, 11) is 0. The third-order valence-corrected chi connectivity index (χ3v) is 3.12. The van der Waals surface area contributed by atoms with Gasteiger partial charge in [-0.05, 0) is 5.56 Å². The van der Waals surface area contributed by atoms with Gasteiger partial charge in [0.25, 0.3) is 0 Å². The van der Waals surface area contributed by atoms with Gasteiger partial charge in [-0.3, -0.25) is 0 Å². The van der Waals surface area contributed by atoms with Crippen molar-refractivity contribution in [1.82, 2.24) is 10.3 Å². The van der Waals surface area contributed by atoms with E-state index in [0.717, 1.165) is 16.9 Å². The molecule has 0 aliphatic carbocycles. The predicted molar refractivity (Wildman–Crippen MR) is 72.8 cm³/mol. The quantitative estimate of drug-likeness (QED) is 0.879. The molecule has 0 saturated carbocycles. The number of rotatable bonds is 5. The third kappa shape index (κ3) is 4.06. The van der Waals surface area contributed by atoms with Crippen LogP contribution in [0.5, 0.6) is 5.06 Å². The summed E-state index contributed by atoms with van der Waals surface area (Å²) in [5, 5.41) is 11.8. The molecule has 0 aliphatic heterocycles. The van der Waals surface area contributed by atoms with Crippen molar-refractivity contribution in [2.45, 2.75) is 12.5 Å². The van der Waals surface area contributed by atoms with Crippen molar-refractivity contribution in [2.24, 2.45) is 0 Å². The number of carbonyl (C=O) groups excluding carboxylic acids is 1. The number of carboxylic acids is 1. The van der Waals surface area contributed by atoms with Gasteiger partial charge in [0, 0.05) is 6.42 Å². The molecule has 0 bridgehead atoms. The number of aliphatic carboxylic acids is 1. The average molecular weight is 292 g/mol. The Bertz CT molecular complexity index is 571. The lowest BCUT2D eigenvalue weighted by Gasteiger charge is -2.13. The van der Waals surface area contributed by atoms with E-state index in [-0.39, 0.29) is 6.42 Å². The molecule has 2 N–H and O–H groups in total. The van der Waals surface area contributed by atoms with E-state index < -0.39 is 18.1 Å². The maximum Gasteiger partial charge on any atom is 0.414 e. The zero-order chi connectivity index (χ0) is 14.4. The molecule has 0 spiro atoms. The normalized spacial score (nSPS) is 11.6. The van der Waals surface area contributed by atoms with Gasteiger partial charge in [0.15, 0.2) is 0 Å². The highest BCUT2D eigenvalue weighted by atomic mass is 32.1. The zero-order valence-corrected chi connectivity index (χ0v) is 11.2. The summed E-state index contributed by atoms with van der Waals surface area (Å²) in [5.74, 6) is -1.12. The Kier molecular flexibility index (Phi) is 4.67. The molecule has 2 aromatic rings. The maximum absolute atomic E-state index is 11.6. The maximum atomic E-state index is 11.6. The van der Waals surface area contributed by atoms with Crippen molar-refractivity contribution in [3.8, 4) is 5.06 Å². The first-order valence-electron chi connectivity index (χ1n) is 5.78. The summed E-state index contributed by atoms with van der Waals surface area (Å²) in [5.41, 5.74) is 2.33. The summed E-state index contributed by atoms with van der Waals surface area (Å²) < 4.78 is 4.92. The number of nitrogens with zero attached hydrogens (tertiary/aromatic N) is 1.